The van der Waals surface area contributed by atoms with E-state index in [2.05, 4.69) is 31.2 Å². The Morgan fingerprint density at radius 3 is 0.860 bits per heavy atom. The Bertz CT molecular complexity index is 3400. The molecule has 442 valence electrons. The van der Waals surface area contributed by atoms with Crippen LogP contribution in [-0.4, -0.2) is 132 Å². The predicted octanol–water partition coefficient (Wildman–Crippen LogP) is 4.38. The summed E-state index contributed by atoms with van der Waals surface area (Å²) in [5.74, 6) is -7.75. The number of ether oxygens (including phenoxy) is 6. The number of phenols is 2. The van der Waals surface area contributed by atoms with Crippen molar-refractivity contribution >= 4 is 59.4 Å². The molecule has 24 heteroatoms. The molecule has 5 aromatic carbocycles. The lowest BCUT2D eigenvalue weighted by Crippen LogP contribution is -2.44. The number of phenolic OH excluding ortho intramolecular Hbond substituents is 2. The molecule has 0 aliphatic rings. The number of carbonyl (C=O) groups is 10. The molecule has 0 radical (unpaired) electrons. The number of aromatic hydroxyl groups is 2. The fourth-order valence-corrected chi connectivity index (χ4v) is 8.35. The second-order valence-electron chi connectivity index (χ2n) is 18.8. The van der Waals surface area contributed by atoms with E-state index in [0.29, 0.717) is 22.3 Å². The maximum Gasteiger partial charge on any atom is 0.343 e. The SMILES string of the molecule is COC(=O)[C@H](Cc1ccc(O)cc1)NC(=O)c1cccc(C(=O)N[C@@H](Cc2ccc(OC(=O)c3cccc(C(=O)Oc4ccc(C[C@H](NC(=O)c5cccc(C(=O)N[C@@H](Cc6ccc(O)cc6)C(=O)OC)n5)C(=O)OC)cc4)c3)cc2)C(=O)OC)n1. The number of pyridine rings is 2. The first-order valence-corrected chi connectivity index (χ1v) is 26.1. The molecule has 0 saturated heterocycles. The van der Waals surface area contributed by atoms with E-state index in [1.165, 1.54) is 109 Å². The van der Waals surface area contributed by atoms with Crippen LogP contribution in [0.25, 0.3) is 0 Å². The number of esters is 6. The van der Waals surface area contributed by atoms with Crippen molar-refractivity contribution in [3.05, 3.63) is 214 Å². The van der Waals surface area contributed by atoms with E-state index < -0.39 is 83.6 Å². The molecule has 0 saturated carbocycles. The topological polar surface area (TPSA) is 340 Å². The Hall–Kier alpha value is -11.3. The molecule has 24 nitrogen and oxygen atoms in total. The van der Waals surface area contributed by atoms with E-state index in [1.54, 1.807) is 48.5 Å². The number of hydrogen-bond donors (Lipinski definition) is 6. The van der Waals surface area contributed by atoms with Crippen LogP contribution in [0.2, 0.25) is 0 Å². The van der Waals surface area contributed by atoms with Crippen molar-refractivity contribution in [1.29, 1.82) is 0 Å². The molecule has 0 unspecified atom stereocenters. The van der Waals surface area contributed by atoms with Crippen molar-refractivity contribution in [2.75, 3.05) is 28.4 Å². The number of hydrogen-bond acceptors (Lipinski definition) is 20. The van der Waals surface area contributed by atoms with Crippen LogP contribution in [0.1, 0.15) is 84.9 Å². The molecule has 4 amide bonds. The first-order chi connectivity index (χ1) is 41.3. The van der Waals surface area contributed by atoms with Gasteiger partial charge in [-0.2, -0.15) is 0 Å². The maximum atomic E-state index is 13.4. The van der Waals surface area contributed by atoms with E-state index in [1.807, 2.05) is 0 Å². The molecule has 0 bridgehead atoms. The largest absolute Gasteiger partial charge is 0.508 e. The molecule has 6 N–H and O–H groups in total. The molecule has 0 fully saturated rings. The molecule has 0 spiro atoms. The van der Waals surface area contributed by atoms with Crippen molar-refractivity contribution in [2.24, 2.45) is 0 Å². The monoisotopic (exact) mass is 1170 g/mol. The molecule has 2 heterocycles. The summed E-state index contributed by atoms with van der Waals surface area (Å²) in [6, 6.07) is 32.9. The quantitative estimate of drug-likeness (QED) is 0.0278. The average Bonchev–Trinajstić information content (AvgIpc) is 3.69. The van der Waals surface area contributed by atoms with Gasteiger partial charge in [-0.25, -0.2) is 38.7 Å². The van der Waals surface area contributed by atoms with Gasteiger partial charge in [-0.15, -0.1) is 0 Å². The zero-order chi connectivity index (χ0) is 61.9. The van der Waals surface area contributed by atoms with Crippen LogP contribution in [0.4, 0.5) is 0 Å². The number of rotatable bonds is 24. The molecule has 2 aromatic heterocycles. The van der Waals surface area contributed by atoms with Crippen molar-refractivity contribution in [1.82, 2.24) is 31.2 Å². The van der Waals surface area contributed by atoms with Crippen LogP contribution in [0, 0.1) is 0 Å². The number of benzene rings is 5. The lowest BCUT2D eigenvalue weighted by Gasteiger charge is -2.18. The first kappa shape index (κ1) is 62.3. The summed E-state index contributed by atoms with van der Waals surface area (Å²) in [7, 11) is 4.60. The van der Waals surface area contributed by atoms with Crippen molar-refractivity contribution < 1.29 is 86.6 Å². The van der Waals surface area contributed by atoms with E-state index in [-0.39, 0.29) is 82.6 Å². The summed E-state index contributed by atoms with van der Waals surface area (Å²) >= 11 is 0. The highest BCUT2D eigenvalue weighted by Gasteiger charge is 2.29. The highest BCUT2D eigenvalue weighted by molar-refractivity contribution is 6.01. The normalized spacial score (nSPS) is 12.0. The standard InChI is InChI=1S/C62H56N6O18/c1-81-59(77)49(30-35-14-22-41(69)23-15-35)65-53(71)45-10-6-12-47(63-45)55(73)67-51(61(79)83-3)32-37-18-26-43(27-19-37)85-57(75)39-8-5-9-40(34-39)58(76)86-44-28-20-38(21-29-44)33-52(62(80)84-4)68-56(74)48-13-7-11-46(64-48)54(72)66-50(60(78)82-2)31-36-16-24-42(70)25-17-36/h5-29,34,49-52,69-70H,30-33H2,1-4H3,(H,65,71)(H,66,72)(H,67,73)(H,68,74)/t49-,50-,51-,52-/m0/s1. The fourth-order valence-electron chi connectivity index (χ4n) is 8.35. The number of amides is 4. The summed E-state index contributed by atoms with van der Waals surface area (Å²) < 4.78 is 30.7. The molecule has 86 heavy (non-hydrogen) atoms. The minimum absolute atomic E-state index is 0.00451. The van der Waals surface area contributed by atoms with Gasteiger partial charge in [0.15, 0.2) is 0 Å². The van der Waals surface area contributed by atoms with Gasteiger partial charge in [0, 0.05) is 25.7 Å². The average molecular weight is 1170 g/mol. The van der Waals surface area contributed by atoms with Crippen molar-refractivity contribution in [2.45, 2.75) is 49.9 Å². The van der Waals surface area contributed by atoms with Gasteiger partial charge in [0.1, 0.15) is 69.9 Å². The third-order valence-corrected chi connectivity index (χ3v) is 12.8. The highest BCUT2D eigenvalue weighted by atomic mass is 16.5. The number of nitrogens with one attached hydrogen (secondary N) is 4. The number of nitrogens with zero attached hydrogens (tertiary/aromatic N) is 2. The van der Waals surface area contributed by atoms with E-state index >= 15 is 0 Å². The Labute approximate surface area is 490 Å². The third kappa shape index (κ3) is 17.4. The minimum atomic E-state index is -1.24. The van der Waals surface area contributed by atoms with Gasteiger partial charge in [-0.3, -0.25) is 19.2 Å². The first-order valence-electron chi connectivity index (χ1n) is 26.1. The molecule has 7 rings (SSSR count). The summed E-state index contributed by atoms with van der Waals surface area (Å²) in [6.45, 7) is 0. The highest BCUT2D eigenvalue weighted by Crippen LogP contribution is 2.21. The maximum absolute atomic E-state index is 13.4. The van der Waals surface area contributed by atoms with Crippen LogP contribution in [0.3, 0.4) is 0 Å². The van der Waals surface area contributed by atoms with Crippen molar-refractivity contribution in [3.63, 3.8) is 0 Å². The Morgan fingerprint density at radius 1 is 0.360 bits per heavy atom. The Balaban J connectivity index is 0.909. The summed E-state index contributed by atoms with van der Waals surface area (Å²) in [4.78, 5) is 139. The Morgan fingerprint density at radius 2 is 0.605 bits per heavy atom. The van der Waals surface area contributed by atoms with E-state index in [9.17, 15) is 58.2 Å². The third-order valence-electron chi connectivity index (χ3n) is 12.8. The van der Waals surface area contributed by atoms with E-state index in [4.69, 9.17) is 28.4 Å². The zero-order valence-electron chi connectivity index (χ0n) is 46.5. The lowest BCUT2D eigenvalue weighted by molar-refractivity contribution is -0.143. The van der Waals surface area contributed by atoms with Gasteiger partial charge < -0.3 is 59.9 Å². The predicted molar refractivity (Wildman–Crippen MR) is 302 cm³/mol. The van der Waals surface area contributed by atoms with Gasteiger partial charge in [0.2, 0.25) is 0 Å². The summed E-state index contributed by atoms with van der Waals surface area (Å²) in [5.41, 5.74) is 1.36. The Kier molecular flexibility index (Phi) is 21.4. The van der Waals surface area contributed by atoms with Gasteiger partial charge in [0.25, 0.3) is 23.6 Å². The van der Waals surface area contributed by atoms with Crippen LogP contribution in [-0.2, 0) is 63.8 Å². The van der Waals surface area contributed by atoms with E-state index in [0.717, 1.165) is 28.4 Å². The minimum Gasteiger partial charge on any atom is -0.508 e. The molecule has 4 atom stereocenters. The number of methoxy groups -OCH3 is 4. The fraction of sp³-hybridized carbons (Fsp3) is 0.194. The van der Waals surface area contributed by atoms with Crippen molar-refractivity contribution in [3.8, 4) is 23.0 Å². The molecule has 7 aromatic rings. The van der Waals surface area contributed by atoms with Gasteiger partial charge in [-0.1, -0.05) is 66.7 Å². The van der Waals surface area contributed by atoms with Gasteiger partial charge in [0.05, 0.1) is 39.6 Å². The molecule has 0 aliphatic heterocycles. The van der Waals surface area contributed by atoms with Crippen LogP contribution < -0.4 is 30.7 Å². The second-order valence-corrected chi connectivity index (χ2v) is 18.8. The molecular formula is C62H56N6O18. The zero-order valence-corrected chi connectivity index (χ0v) is 46.5. The van der Waals surface area contributed by atoms with Crippen LogP contribution in [0.5, 0.6) is 23.0 Å². The summed E-state index contributed by atoms with van der Waals surface area (Å²) in [5, 5.41) is 29.5. The number of aromatic nitrogens is 2. The van der Waals surface area contributed by atoms with Crippen LogP contribution >= 0.6 is 0 Å². The smallest absolute Gasteiger partial charge is 0.343 e. The second kappa shape index (κ2) is 29.6. The van der Waals surface area contributed by atoms with Gasteiger partial charge >= 0.3 is 35.8 Å². The summed E-state index contributed by atoms with van der Waals surface area (Å²) in [6.07, 6.45) is -0.119. The molecular weight excluding hydrogens is 1120 g/mol. The number of carbonyl (C=O) groups excluding carboxylic acids is 10. The van der Waals surface area contributed by atoms with Gasteiger partial charge in [-0.05, 0) is 113 Å². The molecule has 0 aliphatic carbocycles. The van der Waals surface area contributed by atoms with Crippen LogP contribution in [0.15, 0.2) is 158 Å². The lowest BCUT2D eigenvalue weighted by atomic mass is 10.1.